The molecule has 3 aromatic carbocycles. The highest BCUT2D eigenvalue weighted by Gasteiger charge is 2.43. The fraction of sp³-hybridized carbons (Fsp3) is 0.486. The van der Waals surface area contributed by atoms with Crippen LogP contribution in [0.2, 0.25) is 0 Å². The zero-order valence-electron chi connectivity index (χ0n) is 26.9. The standard InChI is InChI=1S/C37H44F3N3O3/c1-25-16-27-17-29(46-21-26-8-5-4-6-9-26)10-11-30(27)35(43(25)22-36(2,3)40)34-31(38)18-28(19-32(34)39)42-15-13-37(24-42)12-7-14-41(23-37)20-33(44)45/h4-6,8-11,17-19,25,35H,7,12-16,20-24H2,1-3H3,(H,44,45)/t25-,35?,37?/m1/s1. The maximum absolute atomic E-state index is 16.3. The average molecular weight is 636 g/mol. The van der Waals surface area contributed by atoms with Crippen LogP contribution in [0.1, 0.15) is 68.3 Å². The van der Waals surface area contributed by atoms with Gasteiger partial charge in [0.05, 0.1) is 12.6 Å². The molecule has 46 heavy (non-hydrogen) atoms. The summed E-state index contributed by atoms with van der Waals surface area (Å²) in [5.74, 6) is -1.46. The van der Waals surface area contributed by atoms with Crippen LogP contribution in [0.25, 0.3) is 0 Å². The molecule has 3 aromatic rings. The lowest BCUT2D eigenvalue weighted by atomic mass is 9.79. The van der Waals surface area contributed by atoms with E-state index in [1.165, 1.54) is 26.0 Å². The van der Waals surface area contributed by atoms with Crippen molar-refractivity contribution in [1.82, 2.24) is 9.80 Å². The van der Waals surface area contributed by atoms with E-state index in [0.29, 0.717) is 44.1 Å². The quantitative estimate of drug-likeness (QED) is 0.273. The first kappa shape index (κ1) is 32.4. The van der Waals surface area contributed by atoms with Crippen LogP contribution in [-0.2, 0) is 17.8 Å². The summed E-state index contributed by atoms with van der Waals surface area (Å²) in [4.78, 5) is 17.2. The number of hydrogen-bond donors (Lipinski definition) is 1. The molecule has 6 rings (SSSR count). The number of carboxylic acid groups (broad SMARTS) is 1. The van der Waals surface area contributed by atoms with Crippen LogP contribution in [0.3, 0.4) is 0 Å². The maximum Gasteiger partial charge on any atom is 0.317 e. The SMILES string of the molecule is C[C@@H]1Cc2cc(OCc3ccccc3)ccc2C(c2c(F)cc(N3CCC4(CCCN(CC(=O)O)C4)C3)cc2F)N1CC(C)(C)F. The Bertz CT molecular complexity index is 1540. The van der Waals surface area contributed by atoms with Crippen LogP contribution in [-0.4, -0.2) is 71.9 Å². The van der Waals surface area contributed by atoms with Crippen molar-refractivity contribution in [2.24, 2.45) is 5.41 Å². The molecule has 3 atom stereocenters. The van der Waals surface area contributed by atoms with E-state index >= 15 is 13.2 Å². The van der Waals surface area contributed by atoms with E-state index in [2.05, 4.69) is 0 Å². The molecule has 6 nitrogen and oxygen atoms in total. The van der Waals surface area contributed by atoms with Gasteiger partial charge in [-0.1, -0.05) is 36.4 Å². The minimum absolute atomic E-state index is 0.00776. The average Bonchev–Trinajstić information content (AvgIpc) is 3.39. The van der Waals surface area contributed by atoms with Gasteiger partial charge in [-0.2, -0.15) is 0 Å². The summed E-state index contributed by atoms with van der Waals surface area (Å²) in [5.41, 5.74) is 1.46. The normalized spacial score (nSPS) is 23.9. The second-order valence-corrected chi connectivity index (χ2v) is 14.2. The number of carboxylic acids is 1. The van der Waals surface area contributed by atoms with Gasteiger partial charge in [0, 0.05) is 48.9 Å². The van der Waals surface area contributed by atoms with E-state index in [4.69, 9.17) is 4.74 Å². The number of alkyl halides is 1. The van der Waals surface area contributed by atoms with Gasteiger partial charge in [-0.15, -0.1) is 0 Å². The number of halogens is 3. The minimum atomic E-state index is -1.58. The molecule has 0 saturated carbocycles. The maximum atomic E-state index is 16.3. The fourth-order valence-corrected chi connectivity index (χ4v) is 7.87. The predicted molar refractivity (Wildman–Crippen MR) is 173 cm³/mol. The molecule has 9 heteroatoms. The molecule has 0 aliphatic carbocycles. The molecule has 2 fully saturated rings. The number of fused-ring (bicyclic) bond motifs is 1. The fourth-order valence-electron chi connectivity index (χ4n) is 7.87. The summed E-state index contributed by atoms with van der Waals surface area (Å²) in [5, 5.41) is 9.29. The van der Waals surface area contributed by atoms with Crippen molar-refractivity contribution in [1.29, 1.82) is 0 Å². The second kappa shape index (κ2) is 12.9. The Labute approximate surface area is 269 Å². The molecular formula is C37H44F3N3O3. The molecule has 0 amide bonds. The first-order chi connectivity index (χ1) is 21.9. The van der Waals surface area contributed by atoms with Gasteiger partial charge in [0.2, 0.25) is 0 Å². The summed E-state index contributed by atoms with van der Waals surface area (Å²) < 4.78 is 53.9. The Hall–Kier alpha value is -3.56. The van der Waals surface area contributed by atoms with Gasteiger partial charge >= 0.3 is 5.97 Å². The lowest BCUT2D eigenvalue weighted by molar-refractivity contribution is -0.139. The number of aliphatic carboxylic acids is 1. The number of piperidine rings is 1. The third-order valence-electron chi connectivity index (χ3n) is 9.87. The molecule has 1 N–H and O–H groups in total. The van der Waals surface area contributed by atoms with E-state index < -0.39 is 29.3 Å². The van der Waals surface area contributed by atoms with Gasteiger partial charge in [-0.05, 0) is 94.0 Å². The van der Waals surface area contributed by atoms with Crippen molar-refractivity contribution in [3.8, 4) is 5.75 Å². The summed E-state index contributed by atoms with van der Waals surface area (Å²) in [6, 6.07) is 17.4. The molecule has 0 radical (unpaired) electrons. The van der Waals surface area contributed by atoms with Crippen LogP contribution in [0.5, 0.6) is 5.75 Å². The largest absolute Gasteiger partial charge is 0.489 e. The number of hydrogen-bond acceptors (Lipinski definition) is 5. The van der Waals surface area contributed by atoms with E-state index in [0.717, 1.165) is 42.5 Å². The van der Waals surface area contributed by atoms with Crippen LogP contribution >= 0.6 is 0 Å². The summed E-state index contributed by atoms with van der Waals surface area (Å²) in [6.45, 7) is 8.09. The number of nitrogens with zero attached hydrogens (tertiary/aromatic N) is 3. The van der Waals surface area contributed by atoms with Gasteiger partial charge in [0.1, 0.15) is 29.7 Å². The van der Waals surface area contributed by atoms with Crippen molar-refractivity contribution >= 4 is 11.7 Å². The smallest absolute Gasteiger partial charge is 0.317 e. The van der Waals surface area contributed by atoms with Gasteiger partial charge in [0.25, 0.3) is 0 Å². The molecule has 0 aromatic heterocycles. The van der Waals surface area contributed by atoms with E-state index in [9.17, 15) is 9.90 Å². The Kier molecular flexibility index (Phi) is 9.09. The third kappa shape index (κ3) is 7.05. The molecule has 3 heterocycles. The van der Waals surface area contributed by atoms with E-state index in [1.807, 2.05) is 70.2 Å². The van der Waals surface area contributed by atoms with Crippen LogP contribution in [0.4, 0.5) is 18.9 Å². The summed E-state index contributed by atoms with van der Waals surface area (Å²) in [6.07, 6.45) is 3.31. The number of carbonyl (C=O) groups is 1. The lowest BCUT2D eigenvalue weighted by Crippen LogP contribution is -2.48. The molecule has 1 spiro atoms. The van der Waals surface area contributed by atoms with Crippen LogP contribution < -0.4 is 9.64 Å². The molecule has 3 aliphatic rings. The monoisotopic (exact) mass is 635 g/mol. The number of ether oxygens (including phenoxy) is 1. The van der Waals surface area contributed by atoms with Crippen molar-refractivity contribution in [3.63, 3.8) is 0 Å². The minimum Gasteiger partial charge on any atom is -0.489 e. The predicted octanol–water partition coefficient (Wildman–Crippen LogP) is 7.00. The number of rotatable bonds is 9. The van der Waals surface area contributed by atoms with Crippen LogP contribution in [0, 0.1) is 17.0 Å². The molecule has 2 unspecified atom stereocenters. The first-order valence-electron chi connectivity index (χ1n) is 16.3. The van der Waals surface area contributed by atoms with E-state index in [1.54, 1.807) is 0 Å². The zero-order chi connectivity index (χ0) is 32.6. The number of anilines is 1. The molecule has 246 valence electrons. The topological polar surface area (TPSA) is 56.3 Å². The van der Waals surface area contributed by atoms with Gasteiger partial charge in [0.15, 0.2) is 0 Å². The number of benzene rings is 3. The van der Waals surface area contributed by atoms with Crippen molar-refractivity contribution < 1.29 is 27.8 Å². The zero-order valence-corrected chi connectivity index (χ0v) is 26.9. The summed E-state index contributed by atoms with van der Waals surface area (Å²) in [7, 11) is 0. The summed E-state index contributed by atoms with van der Waals surface area (Å²) >= 11 is 0. The Morgan fingerprint density at radius 3 is 2.46 bits per heavy atom. The second-order valence-electron chi connectivity index (χ2n) is 14.2. The van der Waals surface area contributed by atoms with Crippen molar-refractivity contribution in [2.75, 3.05) is 44.2 Å². The van der Waals surface area contributed by atoms with Gasteiger partial charge < -0.3 is 14.7 Å². The highest BCUT2D eigenvalue weighted by atomic mass is 19.1. The molecule has 2 saturated heterocycles. The highest BCUT2D eigenvalue weighted by molar-refractivity contribution is 5.69. The first-order valence-corrected chi connectivity index (χ1v) is 16.3. The van der Waals surface area contributed by atoms with Gasteiger partial charge in [-0.3, -0.25) is 14.6 Å². The van der Waals surface area contributed by atoms with Crippen molar-refractivity contribution in [3.05, 3.63) is 94.6 Å². The van der Waals surface area contributed by atoms with Crippen molar-refractivity contribution in [2.45, 2.75) is 70.8 Å². The Balaban J connectivity index is 1.29. The Morgan fingerprint density at radius 1 is 1.02 bits per heavy atom. The van der Waals surface area contributed by atoms with E-state index in [-0.39, 0.29) is 30.1 Å². The Morgan fingerprint density at radius 2 is 1.76 bits per heavy atom. The lowest BCUT2D eigenvalue weighted by Gasteiger charge is -2.44. The van der Waals surface area contributed by atoms with Gasteiger partial charge in [-0.25, -0.2) is 13.2 Å². The number of likely N-dealkylation sites (tertiary alicyclic amines) is 1. The molecule has 3 aliphatic heterocycles. The molecular weight excluding hydrogens is 591 g/mol. The highest BCUT2D eigenvalue weighted by Crippen LogP contribution is 2.45. The molecule has 0 bridgehead atoms. The third-order valence-corrected chi connectivity index (χ3v) is 9.87. The van der Waals surface area contributed by atoms with Crippen LogP contribution in [0.15, 0.2) is 60.7 Å².